The lowest BCUT2D eigenvalue weighted by molar-refractivity contribution is -0.384. The van der Waals surface area contributed by atoms with Gasteiger partial charge >= 0.3 is 0 Å². The van der Waals surface area contributed by atoms with Crippen LogP contribution < -0.4 is 4.74 Å². The average Bonchev–Trinajstić information content (AvgIpc) is 2.68. The molecule has 1 heterocycles. The Morgan fingerprint density at radius 3 is 2.63 bits per heavy atom. The first-order valence-electron chi connectivity index (χ1n) is 9.31. The molecule has 0 N–H and O–H groups in total. The number of aryl methyl sites for hydroxylation is 1. The first kappa shape index (κ1) is 17.4. The van der Waals surface area contributed by atoms with Crippen LogP contribution in [0.25, 0.3) is 10.9 Å². The summed E-state index contributed by atoms with van der Waals surface area (Å²) in [4.78, 5) is 20.2. The fraction of sp³-hybridized carbons (Fsp3) is 0.333. The van der Waals surface area contributed by atoms with Crippen LogP contribution >= 0.6 is 0 Å². The van der Waals surface area contributed by atoms with E-state index in [1.807, 2.05) is 25.1 Å². The van der Waals surface area contributed by atoms with Gasteiger partial charge in [-0.05, 0) is 37.5 Å². The monoisotopic (exact) mass is 363 g/mol. The Morgan fingerprint density at radius 1 is 1.07 bits per heavy atom. The zero-order chi connectivity index (χ0) is 18.8. The summed E-state index contributed by atoms with van der Waals surface area (Å²) in [5.74, 6) is 2.03. The van der Waals surface area contributed by atoms with Gasteiger partial charge in [-0.15, -0.1) is 0 Å². The van der Waals surface area contributed by atoms with Crippen LogP contribution in [0.2, 0.25) is 0 Å². The molecule has 6 nitrogen and oxygen atoms in total. The van der Waals surface area contributed by atoms with Crippen molar-refractivity contribution < 1.29 is 9.66 Å². The van der Waals surface area contributed by atoms with E-state index in [9.17, 15) is 10.1 Å². The molecule has 0 spiro atoms. The van der Waals surface area contributed by atoms with Gasteiger partial charge in [-0.2, -0.15) is 4.98 Å². The second kappa shape index (κ2) is 7.31. The maximum atomic E-state index is 11.1. The van der Waals surface area contributed by atoms with Gasteiger partial charge in [0.05, 0.1) is 21.9 Å². The van der Waals surface area contributed by atoms with Gasteiger partial charge in [-0.1, -0.05) is 37.5 Å². The summed E-state index contributed by atoms with van der Waals surface area (Å²) in [5, 5.41) is 11.9. The van der Waals surface area contributed by atoms with Crippen molar-refractivity contribution in [1.82, 2.24) is 9.97 Å². The smallest absolute Gasteiger partial charge is 0.273 e. The molecule has 0 saturated heterocycles. The van der Waals surface area contributed by atoms with Crippen LogP contribution in [0.1, 0.15) is 49.4 Å². The third-order valence-electron chi connectivity index (χ3n) is 5.13. The highest BCUT2D eigenvalue weighted by atomic mass is 16.6. The van der Waals surface area contributed by atoms with Crippen molar-refractivity contribution in [3.05, 3.63) is 64.0 Å². The third kappa shape index (κ3) is 3.60. The minimum Gasteiger partial charge on any atom is -0.438 e. The molecule has 1 saturated carbocycles. The van der Waals surface area contributed by atoms with Gasteiger partial charge < -0.3 is 4.74 Å². The van der Waals surface area contributed by atoms with Gasteiger partial charge in [-0.3, -0.25) is 10.1 Å². The SMILES string of the molecule is Cc1cccc2nc(C3CCCCC3)nc(Oc3cccc([N+](=O)[O-])c3)c12. The Morgan fingerprint density at radius 2 is 1.85 bits per heavy atom. The Bertz CT molecular complexity index is 997. The fourth-order valence-electron chi connectivity index (χ4n) is 3.72. The lowest BCUT2D eigenvalue weighted by atomic mass is 9.88. The molecule has 1 aliphatic rings. The van der Waals surface area contributed by atoms with Crippen molar-refractivity contribution in [2.75, 3.05) is 0 Å². The van der Waals surface area contributed by atoms with Crippen LogP contribution in [-0.2, 0) is 0 Å². The maximum absolute atomic E-state index is 11.1. The van der Waals surface area contributed by atoms with Gasteiger partial charge in [0.25, 0.3) is 5.69 Å². The van der Waals surface area contributed by atoms with Gasteiger partial charge in [0.2, 0.25) is 5.88 Å². The second-order valence-corrected chi connectivity index (χ2v) is 7.05. The minimum absolute atomic E-state index is 0.00455. The first-order chi connectivity index (χ1) is 13.1. The molecule has 0 atom stereocenters. The van der Waals surface area contributed by atoms with Crippen LogP contribution in [-0.4, -0.2) is 14.9 Å². The largest absolute Gasteiger partial charge is 0.438 e. The molecule has 0 amide bonds. The zero-order valence-electron chi connectivity index (χ0n) is 15.2. The molecule has 138 valence electrons. The third-order valence-corrected chi connectivity index (χ3v) is 5.13. The van der Waals surface area contributed by atoms with E-state index >= 15 is 0 Å². The number of rotatable bonds is 4. The summed E-state index contributed by atoms with van der Waals surface area (Å²) >= 11 is 0. The number of nitro benzene ring substituents is 1. The van der Waals surface area contributed by atoms with E-state index in [4.69, 9.17) is 14.7 Å². The fourth-order valence-corrected chi connectivity index (χ4v) is 3.72. The molecule has 0 radical (unpaired) electrons. The van der Waals surface area contributed by atoms with Gasteiger partial charge in [0.1, 0.15) is 11.6 Å². The minimum atomic E-state index is -0.427. The Kier molecular flexibility index (Phi) is 4.71. The second-order valence-electron chi connectivity index (χ2n) is 7.05. The van der Waals surface area contributed by atoms with Gasteiger partial charge in [0.15, 0.2) is 0 Å². The van der Waals surface area contributed by atoms with Crippen LogP contribution in [0.15, 0.2) is 42.5 Å². The molecule has 0 bridgehead atoms. The first-order valence-corrected chi connectivity index (χ1v) is 9.31. The van der Waals surface area contributed by atoms with Crippen LogP contribution in [0.3, 0.4) is 0 Å². The molecule has 0 unspecified atom stereocenters. The average molecular weight is 363 g/mol. The van der Waals surface area contributed by atoms with Crippen molar-refractivity contribution in [1.29, 1.82) is 0 Å². The van der Waals surface area contributed by atoms with Crippen LogP contribution in [0.5, 0.6) is 11.6 Å². The van der Waals surface area contributed by atoms with E-state index in [2.05, 4.69) is 0 Å². The number of ether oxygens (including phenoxy) is 1. The highest BCUT2D eigenvalue weighted by molar-refractivity contribution is 5.87. The predicted molar refractivity (Wildman–Crippen MR) is 103 cm³/mol. The summed E-state index contributed by atoms with van der Waals surface area (Å²) in [5.41, 5.74) is 1.87. The van der Waals surface area contributed by atoms with Crippen molar-refractivity contribution >= 4 is 16.6 Å². The van der Waals surface area contributed by atoms with Crippen molar-refractivity contribution in [3.8, 4) is 11.6 Å². The molecule has 1 aromatic heterocycles. The standard InChI is InChI=1S/C21H21N3O3/c1-14-7-5-12-18-19(14)21(23-20(22-18)15-8-3-2-4-9-15)27-17-11-6-10-16(13-17)24(25)26/h5-7,10-13,15H,2-4,8-9H2,1H3. The molecular weight excluding hydrogens is 342 g/mol. The summed E-state index contributed by atoms with van der Waals surface area (Å²) in [7, 11) is 0. The van der Waals surface area contributed by atoms with E-state index < -0.39 is 4.92 Å². The topological polar surface area (TPSA) is 78.2 Å². The predicted octanol–water partition coefficient (Wildman–Crippen LogP) is 5.69. The Labute approximate surface area is 157 Å². The summed E-state index contributed by atoms with van der Waals surface area (Å²) in [6.07, 6.45) is 5.84. The summed E-state index contributed by atoms with van der Waals surface area (Å²) < 4.78 is 6.04. The number of nitrogens with zero attached hydrogens (tertiary/aromatic N) is 3. The van der Waals surface area contributed by atoms with Crippen molar-refractivity contribution in [2.45, 2.75) is 44.9 Å². The number of hydrogen-bond acceptors (Lipinski definition) is 5. The number of aromatic nitrogens is 2. The van der Waals surface area contributed by atoms with Crippen molar-refractivity contribution in [3.63, 3.8) is 0 Å². The highest BCUT2D eigenvalue weighted by Crippen LogP contribution is 2.36. The highest BCUT2D eigenvalue weighted by Gasteiger charge is 2.21. The molecule has 0 aliphatic heterocycles. The molecule has 27 heavy (non-hydrogen) atoms. The maximum Gasteiger partial charge on any atom is 0.273 e. The normalized spacial score (nSPS) is 15.0. The molecule has 4 rings (SSSR count). The van der Waals surface area contributed by atoms with Gasteiger partial charge in [-0.25, -0.2) is 4.98 Å². The quantitative estimate of drug-likeness (QED) is 0.440. The molecule has 1 aliphatic carbocycles. The molecule has 1 fully saturated rings. The lowest BCUT2D eigenvalue weighted by Gasteiger charge is -2.21. The lowest BCUT2D eigenvalue weighted by Crippen LogP contribution is -2.10. The van der Waals surface area contributed by atoms with Crippen LogP contribution in [0, 0.1) is 17.0 Å². The molecule has 2 aromatic carbocycles. The van der Waals surface area contributed by atoms with Crippen molar-refractivity contribution in [2.24, 2.45) is 0 Å². The zero-order valence-corrected chi connectivity index (χ0v) is 15.2. The van der Waals surface area contributed by atoms with E-state index in [0.29, 0.717) is 17.5 Å². The number of non-ortho nitro benzene ring substituents is 1. The Hall–Kier alpha value is -3.02. The molecule has 3 aromatic rings. The number of nitro groups is 1. The number of benzene rings is 2. The van der Waals surface area contributed by atoms with E-state index in [1.54, 1.807) is 12.1 Å². The Balaban J connectivity index is 1.80. The van der Waals surface area contributed by atoms with E-state index in [1.165, 1.54) is 31.4 Å². The summed E-state index contributed by atoms with van der Waals surface area (Å²) in [6.45, 7) is 1.99. The summed E-state index contributed by atoms with van der Waals surface area (Å²) in [6, 6.07) is 12.1. The molecular formula is C21H21N3O3. The number of fused-ring (bicyclic) bond motifs is 1. The van der Waals surface area contributed by atoms with Crippen LogP contribution in [0.4, 0.5) is 5.69 Å². The number of hydrogen-bond donors (Lipinski definition) is 0. The van der Waals surface area contributed by atoms with Gasteiger partial charge in [0, 0.05) is 12.0 Å². The molecule has 6 heteroatoms. The van der Waals surface area contributed by atoms with E-state index in [0.717, 1.165) is 35.1 Å². The van der Waals surface area contributed by atoms with E-state index in [-0.39, 0.29) is 5.69 Å².